The molecule has 3 rings (SSSR count). The number of hydrogen-bond donors (Lipinski definition) is 2. The number of rotatable bonds is 11. The molecule has 6 heteroatoms. The Bertz CT molecular complexity index is 699. The minimum atomic E-state index is 0.433. The third kappa shape index (κ3) is 7.46. The minimum absolute atomic E-state index is 0.433. The van der Waals surface area contributed by atoms with Gasteiger partial charge in [0.2, 0.25) is 0 Å². The van der Waals surface area contributed by atoms with Gasteiger partial charge in [0.05, 0.1) is 12.6 Å². The van der Waals surface area contributed by atoms with E-state index in [9.17, 15) is 0 Å². The van der Waals surface area contributed by atoms with Gasteiger partial charge in [-0.1, -0.05) is 36.4 Å². The molecular formula is C23H34N4OS. The maximum atomic E-state index is 5.75. The van der Waals surface area contributed by atoms with E-state index < -0.39 is 0 Å². The second kappa shape index (κ2) is 12.6. The number of hydrogen-bond acceptors (Lipinski definition) is 4. The number of nitrogens with one attached hydrogen (secondary N) is 2. The Morgan fingerprint density at radius 2 is 1.93 bits per heavy atom. The van der Waals surface area contributed by atoms with Crippen molar-refractivity contribution < 1.29 is 4.74 Å². The smallest absolute Gasteiger partial charge is 0.191 e. The number of benzene rings is 1. The molecule has 29 heavy (non-hydrogen) atoms. The molecule has 2 N–H and O–H groups in total. The minimum Gasteiger partial charge on any atom is -0.377 e. The van der Waals surface area contributed by atoms with Crippen molar-refractivity contribution >= 4 is 17.3 Å². The number of unbranched alkanes of at least 4 members (excludes halogenated alkanes) is 1. The van der Waals surface area contributed by atoms with Crippen molar-refractivity contribution in [1.29, 1.82) is 0 Å². The van der Waals surface area contributed by atoms with Gasteiger partial charge in [0.25, 0.3) is 0 Å². The van der Waals surface area contributed by atoms with Crippen LogP contribution in [0.4, 0.5) is 0 Å². The fourth-order valence-electron chi connectivity index (χ4n) is 3.66. The predicted molar refractivity (Wildman–Crippen MR) is 123 cm³/mol. The lowest BCUT2D eigenvalue weighted by atomic mass is 10.2. The molecule has 0 bridgehead atoms. The van der Waals surface area contributed by atoms with Crippen LogP contribution in [0.3, 0.4) is 0 Å². The maximum Gasteiger partial charge on any atom is 0.191 e. The van der Waals surface area contributed by atoms with Crippen molar-refractivity contribution in [3.63, 3.8) is 0 Å². The lowest BCUT2D eigenvalue weighted by molar-refractivity contribution is 0.117. The quantitative estimate of drug-likeness (QED) is 0.331. The third-order valence-corrected chi connectivity index (χ3v) is 6.23. The van der Waals surface area contributed by atoms with Gasteiger partial charge in [-0.2, -0.15) is 0 Å². The van der Waals surface area contributed by atoms with Gasteiger partial charge >= 0.3 is 0 Å². The van der Waals surface area contributed by atoms with Crippen molar-refractivity contribution in [2.75, 3.05) is 39.8 Å². The summed E-state index contributed by atoms with van der Waals surface area (Å²) in [5.74, 6) is 0.885. The summed E-state index contributed by atoms with van der Waals surface area (Å²) in [4.78, 5) is 8.42. The van der Waals surface area contributed by atoms with Gasteiger partial charge < -0.3 is 15.4 Å². The van der Waals surface area contributed by atoms with E-state index in [1.807, 2.05) is 36.6 Å². The first-order valence-electron chi connectivity index (χ1n) is 10.7. The van der Waals surface area contributed by atoms with E-state index in [1.54, 1.807) is 0 Å². The molecule has 0 spiro atoms. The van der Waals surface area contributed by atoms with Crippen molar-refractivity contribution in [3.8, 4) is 0 Å². The highest BCUT2D eigenvalue weighted by atomic mass is 32.1. The number of ether oxygens (including phenoxy) is 1. The van der Waals surface area contributed by atoms with Gasteiger partial charge in [-0.25, -0.2) is 0 Å². The average molecular weight is 415 g/mol. The molecule has 1 aliphatic rings. The van der Waals surface area contributed by atoms with Crippen LogP contribution in [0.15, 0.2) is 52.8 Å². The summed E-state index contributed by atoms with van der Waals surface area (Å²) in [5.41, 5.74) is 1.23. The summed E-state index contributed by atoms with van der Waals surface area (Å²) in [7, 11) is 1.84. The zero-order chi connectivity index (χ0) is 20.2. The molecule has 0 aliphatic carbocycles. The lowest BCUT2D eigenvalue weighted by Crippen LogP contribution is -2.42. The van der Waals surface area contributed by atoms with Crippen molar-refractivity contribution in [2.45, 2.75) is 38.3 Å². The number of likely N-dealkylation sites (tertiary alicyclic amines) is 1. The summed E-state index contributed by atoms with van der Waals surface area (Å²) in [6.07, 6.45) is 4.72. The summed E-state index contributed by atoms with van der Waals surface area (Å²) >= 11 is 1.85. The first kappa shape index (κ1) is 21.8. The molecule has 158 valence electrons. The SMILES string of the molecule is CN=C(NCCCCOCc1ccccc1)NCC(c1cccs1)N1CCCC1. The molecule has 0 amide bonds. The van der Waals surface area contributed by atoms with E-state index in [2.05, 4.69) is 50.2 Å². The third-order valence-electron chi connectivity index (χ3n) is 5.26. The van der Waals surface area contributed by atoms with E-state index >= 15 is 0 Å². The average Bonchev–Trinajstić information content (AvgIpc) is 3.47. The molecule has 1 saturated heterocycles. The molecule has 1 aromatic heterocycles. The van der Waals surface area contributed by atoms with E-state index in [1.165, 1.54) is 36.4 Å². The fourth-order valence-corrected chi connectivity index (χ4v) is 4.52. The Morgan fingerprint density at radius 1 is 1.10 bits per heavy atom. The lowest BCUT2D eigenvalue weighted by Gasteiger charge is -2.27. The molecule has 5 nitrogen and oxygen atoms in total. The number of nitrogens with zero attached hydrogens (tertiary/aromatic N) is 2. The van der Waals surface area contributed by atoms with Gasteiger partial charge in [-0.05, 0) is 55.8 Å². The number of guanidine groups is 1. The number of aliphatic imine (C=N–C) groups is 1. The van der Waals surface area contributed by atoms with Crippen LogP contribution in [0, 0.1) is 0 Å². The highest BCUT2D eigenvalue weighted by Gasteiger charge is 2.24. The van der Waals surface area contributed by atoms with Crippen molar-refractivity contribution in [1.82, 2.24) is 15.5 Å². The van der Waals surface area contributed by atoms with Crippen LogP contribution in [-0.4, -0.2) is 50.7 Å². The van der Waals surface area contributed by atoms with Gasteiger partial charge in [-0.15, -0.1) is 11.3 Å². The van der Waals surface area contributed by atoms with Crippen LogP contribution in [0.25, 0.3) is 0 Å². The Labute approximate surface area is 179 Å². The molecule has 1 aromatic carbocycles. The van der Waals surface area contributed by atoms with Crippen LogP contribution < -0.4 is 10.6 Å². The summed E-state index contributed by atoms with van der Waals surface area (Å²) in [6.45, 7) is 5.66. The number of thiophene rings is 1. The first-order chi connectivity index (χ1) is 14.4. The molecule has 1 aliphatic heterocycles. The zero-order valence-electron chi connectivity index (χ0n) is 17.5. The fraction of sp³-hybridized carbons (Fsp3) is 0.522. The van der Waals surface area contributed by atoms with Gasteiger partial charge in [0.1, 0.15) is 0 Å². The second-order valence-electron chi connectivity index (χ2n) is 7.40. The summed E-state index contributed by atoms with van der Waals surface area (Å²) in [5, 5.41) is 9.14. The van der Waals surface area contributed by atoms with E-state index in [0.717, 1.165) is 38.5 Å². The standard InChI is InChI=1S/C23H34N4OS/c1-24-23(25-13-5-8-16-28-19-20-10-3-2-4-11-20)26-18-21(22-12-9-17-29-22)27-14-6-7-15-27/h2-4,9-12,17,21H,5-8,13-16,18-19H2,1H3,(H2,24,25,26). The van der Waals surface area contributed by atoms with Crippen LogP contribution in [0.1, 0.15) is 42.2 Å². The van der Waals surface area contributed by atoms with E-state index in [4.69, 9.17) is 4.74 Å². The van der Waals surface area contributed by atoms with Gasteiger partial charge in [0.15, 0.2) is 5.96 Å². The molecule has 1 atom stereocenters. The Hall–Kier alpha value is -1.89. The highest BCUT2D eigenvalue weighted by Crippen LogP contribution is 2.27. The summed E-state index contributed by atoms with van der Waals surface area (Å²) < 4.78 is 5.75. The first-order valence-corrected chi connectivity index (χ1v) is 11.6. The van der Waals surface area contributed by atoms with Gasteiger partial charge in [0, 0.05) is 31.6 Å². The molecule has 0 radical (unpaired) electrons. The largest absolute Gasteiger partial charge is 0.377 e. The van der Waals surface area contributed by atoms with Crippen LogP contribution >= 0.6 is 11.3 Å². The molecule has 2 aromatic rings. The van der Waals surface area contributed by atoms with Gasteiger partial charge in [-0.3, -0.25) is 9.89 Å². The topological polar surface area (TPSA) is 48.9 Å². The van der Waals surface area contributed by atoms with E-state index in [0.29, 0.717) is 12.6 Å². The van der Waals surface area contributed by atoms with Crippen LogP contribution in [-0.2, 0) is 11.3 Å². The van der Waals surface area contributed by atoms with Crippen LogP contribution in [0.2, 0.25) is 0 Å². The normalized spacial score (nSPS) is 16.1. The monoisotopic (exact) mass is 414 g/mol. The molecule has 1 unspecified atom stereocenters. The van der Waals surface area contributed by atoms with Crippen molar-refractivity contribution in [3.05, 3.63) is 58.3 Å². The highest BCUT2D eigenvalue weighted by molar-refractivity contribution is 7.10. The van der Waals surface area contributed by atoms with Crippen LogP contribution in [0.5, 0.6) is 0 Å². The molecule has 2 heterocycles. The Morgan fingerprint density at radius 3 is 2.66 bits per heavy atom. The van der Waals surface area contributed by atoms with E-state index in [-0.39, 0.29) is 0 Å². The Balaban J connectivity index is 1.31. The molecule has 1 fully saturated rings. The van der Waals surface area contributed by atoms with Crippen molar-refractivity contribution in [2.24, 2.45) is 4.99 Å². The molecule has 0 saturated carbocycles. The maximum absolute atomic E-state index is 5.75. The predicted octanol–water partition coefficient (Wildman–Crippen LogP) is 4.05. The Kier molecular flexibility index (Phi) is 9.50. The second-order valence-corrected chi connectivity index (χ2v) is 8.38. The molecular weight excluding hydrogens is 380 g/mol. The zero-order valence-corrected chi connectivity index (χ0v) is 18.3. The summed E-state index contributed by atoms with van der Waals surface area (Å²) in [6, 6.07) is 15.2.